The van der Waals surface area contributed by atoms with Crippen LogP contribution < -0.4 is 5.32 Å². The van der Waals surface area contributed by atoms with E-state index in [2.05, 4.69) is 63.0 Å². The minimum Gasteiger partial charge on any atom is -0.316 e. The standard InChI is InChI=1S/C15H25NS/c1-15(2,3)14-7-5-13(6-8-14)9-11-16-10-4-12-17/h5-8,16-17H,4,9-12H2,1-3H3. The Morgan fingerprint density at radius 1 is 1.06 bits per heavy atom. The van der Waals surface area contributed by atoms with Crippen molar-refractivity contribution in [1.82, 2.24) is 5.32 Å². The minimum atomic E-state index is 0.253. The molecule has 0 radical (unpaired) electrons. The van der Waals surface area contributed by atoms with Gasteiger partial charge >= 0.3 is 0 Å². The molecule has 0 atom stereocenters. The number of thiol groups is 1. The summed E-state index contributed by atoms with van der Waals surface area (Å²) in [7, 11) is 0. The maximum Gasteiger partial charge on any atom is -0.000835 e. The second-order valence-electron chi connectivity index (χ2n) is 5.52. The van der Waals surface area contributed by atoms with E-state index in [0.717, 1.165) is 31.7 Å². The van der Waals surface area contributed by atoms with Gasteiger partial charge < -0.3 is 5.32 Å². The molecule has 1 aromatic carbocycles. The molecule has 0 bridgehead atoms. The first kappa shape index (κ1) is 14.6. The Hall–Kier alpha value is -0.470. The number of benzene rings is 1. The average Bonchev–Trinajstić information content (AvgIpc) is 2.28. The smallest absolute Gasteiger partial charge is 0.000835 e. The van der Waals surface area contributed by atoms with Gasteiger partial charge in [-0.1, -0.05) is 45.0 Å². The van der Waals surface area contributed by atoms with Crippen molar-refractivity contribution in [3.63, 3.8) is 0 Å². The van der Waals surface area contributed by atoms with Crippen LogP contribution in [0.4, 0.5) is 0 Å². The molecule has 0 aliphatic rings. The largest absolute Gasteiger partial charge is 0.316 e. The van der Waals surface area contributed by atoms with Gasteiger partial charge in [0.15, 0.2) is 0 Å². The first-order valence-electron chi connectivity index (χ1n) is 6.45. The summed E-state index contributed by atoms with van der Waals surface area (Å²) in [5, 5.41) is 3.43. The molecule has 2 heteroatoms. The Balaban J connectivity index is 2.36. The van der Waals surface area contributed by atoms with Gasteiger partial charge in [-0.3, -0.25) is 0 Å². The topological polar surface area (TPSA) is 12.0 Å². The van der Waals surface area contributed by atoms with Gasteiger partial charge in [-0.15, -0.1) is 0 Å². The van der Waals surface area contributed by atoms with Crippen molar-refractivity contribution >= 4 is 12.6 Å². The van der Waals surface area contributed by atoms with Crippen LogP contribution in [0, 0.1) is 0 Å². The van der Waals surface area contributed by atoms with Crippen LogP contribution in [-0.4, -0.2) is 18.8 Å². The lowest BCUT2D eigenvalue weighted by molar-refractivity contribution is 0.589. The number of rotatable bonds is 6. The summed E-state index contributed by atoms with van der Waals surface area (Å²) in [6.07, 6.45) is 2.25. The molecule has 1 aromatic rings. The van der Waals surface area contributed by atoms with E-state index in [1.54, 1.807) is 0 Å². The highest BCUT2D eigenvalue weighted by Crippen LogP contribution is 2.22. The number of hydrogen-bond donors (Lipinski definition) is 2. The highest BCUT2D eigenvalue weighted by atomic mass is 32.1. The molecule has 0 saturated carbocycles. The Labute approximate surface area is 111 Å². The van der Waals surface area contributed by atoms with E-state index < -0.39 is 0 Å². The maximum atomic E-state index is 4.19. The Morgan fingerprint density at radius 2 is 1.71 bits per heavy atom. The molecule has 0 fully saturated rings. The molecule has 0 unspecified atom stereocenters. The fourth-order valence-corrected chi connectivity index (χ4v) is 1.89. The fraction of sp³-hybridized carbons (Fsp3) is 0.600. The van der Waals surface area contributed by atoms with Gasteiger partial charge in [0.1, 0.15) is 0 Å². The molecular weight excluding hydrogens is 226 g/mol. The van der Waals surface area contributed by atoms with Gasteiger partial charge in [0.25, 0.3) is 0 Å². The van der Waals surface area contributed by atoms with Gasteiger partial charge in [0, 0.05) is 0 Å². The second-order valence-corrected chi connectivity index (χ2v) is 5.97. The van der Waals surface area contributed by atoms with Gasteiger partial charge in [-0.2, -0.15) is 12.6 Å². The van der Waals surface area contributed by atoms with Crippen molar-refractivity contribution in [2.24, 2.45) is 0 Å². The molecule has 0 spiro atoms. The van der Waals surface area contributed by atoms with Crippen molar-refractivity contribution in [2.75, 3.05) is 18.8 Å². The third kappa shape index (κ3) is 5.60. The molecule has 0 amide bonds. The molecule has 1 rings (SSSR count). The Morgan fingerprint density at radius 3 is 2.24 bits per heavy atom. The molecule has 17 heavy (non-hydrogen) atoms. The summed E-state index contributed by atoms with van der Waals surface area (Å²) in [4.78, 5) is 0. The van der Waals surface area contributed by atoms with E-state index in [0.29, 0.717) is 0 Å². The summed E-state index contributed by atoms with van der Waals surface area (Å²) in [6, 6.07) is 9.01. The summed E-state index contributed by atoms with van der Waals surface area (Å²) in [6.45, 7) is 8.88. The van der Waals surface area contributed by atoms with E-state index in [4.69, 9.17) is 0 Å². The maximum absolute atomic E-state index is 4.19. The lowest BCUT2D eigenvalue weighted by Gasteiger charge is -2.19. The van der Waals surface area contributed by atoms with Gasteiger partial charge in [-0.25, -0.2) is 0 Å². The lowest BCUT2D eigenvalue weighted by Crippen LogP contribution is -2.19. The van der Waals surface area contributed by atoms with E-state index in [1.165, 1.54) is 11.1 Å². The number of hydrogen-bond acceptors (Lipinski definition) is 2. The SMILES string of the molecule is CC(C)(C)c1ccc(CCNCCCS)cc1. The van der Waals surface area contributed by atoms with Crippen LogP contribution in [0.15, 0.2) is 24.3 Å². The first-order chi connectivity index (χ1) is 8.04. The molecule has 96 valence electrons. The van der Waals surface area contributed by atoms with E-state index in [9.17, 15) is 0 Å². The minimum absolute atomic E-state index is 0.253. The third-order valence-electron chi connectivity index (χ3n) is 2.92. The predicted octanol–water partition coefficient (Wildman–Crippen LogP) is 3.44. The van der Waals surface area contributed by atoms with Crippen LogP contribution in [0.3, 0.4) is 0 Å². The van der Waals surface area contributed by atoms with Crippen LogP contribution in [0.25, 0.3) is 0 Å². The summed E-state index contributed by atoms with van der Waals surface area (Å²) in [5.41, 5.74) is 3.07. The lowest BCUT2D eigenvalue weighted by atomic mass is 9.86. The Bertz CT molecular complexity index is 311. The second kappa shape index (κ2) is 7.07. The zero-order valence-electron chi connectivity index (χ0n) is 11.3. The molecule has 0 saturated heterocycles. The molecule has 0 aliphatic heterocycles. The van der Waals surface area contributed by atoms with Gasteiger partial charge in [0.2, 0.25) is 0 Å². The van der Waals surface area contributed by atoms with Crippen LogP contribution >= 0.6 is 12.6 Å². The average molecular weight is 251 g/mol. The summed E-state index contributed by atoms with van der Waals surface area (Å²) in [5.74, 6) is 0.966. The van der Waals surface area contributed by atoms with E-state index in [-0.39, 0.29) is 5.41 Å². The highest BCUT2D eigenvalue weighted by molar-refractivity contribution is 7.80. The number of nitrogens with one attached hydrogen (secondary N) is 1. The molecule has 1 N–H and O–H groups in total. The first-order valence-corrected chi connectivity index (χ1v) is 7.08. The van der Waals surface area contributed by atoms with Crippen LogP contribution in [0.2, 0.25) is 0 Å². The van der Waals surface area contributed by atoms with E-state index in [1.807, 2.05) is 0 Å². The zero-order valence-corrected chi connectivity index (χ0v) is 12.2. The van der Waals surface area contributed by atoms with Crippen molar-refractivity contribution < 1.29 is 0 Å². The van der Waals surface area contributed by atoms with Gasteiger partial charge in [0.05, 0.1) is 0 Å². The zero-order chi connectivity index (χ0) is 12.7. The summed E-state index contributed by atoms with van der Waals surface area (Å²) < 4.78 is 0. The van der Waals surface area contributed by atoms with Crippen LogP contribution in [0.5, 0.6) is 0 Å². The van der Waals surface area contributed by atoms with Crippen LogP contribution in [0.1, 0.15) is 38.3 Å². The molecule has 0 heterocycles. The van der Waals surface area contributed by atoms with E-state index >= 15 is 0 Å². The Kier molecular flexibility index (Phi) is 6.07. The van der Waals surface area contributed by atoms with Crippen LogP contribution in [-0.2, 0) is 11.8 Å². The fourth-order valence-electron chi connectivity index (χ4n) is 1.73. The van der Waals surface area contributed by atoms with Gasteiger partial charge in [-0.05, 0) is 48.2 Å². The van der Waals surface area contributed by atoms with Crippen molar-refractivity contribution in [2.45, 2.75) is 39.0 Å². The highest BCUT2D eigenvalue weighted by Gasteiger charge is 2.12. The molecule has 0 aliphatic carbocycles. The van der Waals surface area contributed by atoms with Crippen molar-refractivity contribution in [1.29, 1.82) is 0 Å². The normalized spacial score (nSPS) is 11.8. The molecule has 1 nitrogen and oxygen atoms in total. The molecular formula is C15H25NS. The summed E-state index contributed by atoms with van der Waals surface area (Å²) >= 11 is 4.19. The van der Waals surface area contributed by atoms with Crippen molar-refractivity contribution in [3.8, 4) is 0 Å². The van der Waals surface area contributed by atoms with Crippen molar-refractivity contribution in [3.05, 3.63) is 35.4 Å². The predicted molar refractivity (Wildman–Crippen MR) is 80.2 cm³/mol. The quantitative estimate of drug-likeness (QED) is 0.583. The monoisotopic (exact) mass is 251 g/mol. The molecule has 0 aromatic heterocycles. The third-order valence-corrected chi connectivity index (χ3v) is 3.24.